The maximum atomic E-state index is 11.8. The number of hydrogen-bond acceptors (Lipinski definition) is 2. The fraction of sp³-hybridized carbons (Fsp3) is 0.286. The second kappa shape index (κ2) is 7.41. The Morgan fingerprint density at radius 3 is 2.75 bits per heavy atom. The molecule has 0 aliphatic carbocycles. The van der Waals surface area contributed by atoms with Crippen LogP contribution in [-0.2, 0) is 0 Å². The van der Waals surface area contributed by atoms with Crippen LogP contribution in [0, 0.1) is 12.3 Å². The summed E-state index contributed by atoms with van der Waals surface area (Å²) in [6.45, 7) is 1.95. The number of urea groups is 1. The molecular formula is C14H15ClN2O3. The lowest BCUT2D eigenvalue weighted by Crippen LogP contribution is -2.37. The molecule has 1 unspecified atom stereocenters. The van der Waals surface area contributed by atoms with Gasteiger partial charge in [-0.15, -0.1) is 6.42 Å². The first kappa shape index (κ1) is 15.9. The van der Waals surface area contributed by atoms with Gasteiger partial charge in [-0.05, 0) is 24.6 Å². The zero-order valence-corrected chi connectivity index (χ0v) is 11.7. The molecule has 0 saturated carbocycles. The molecule has 0 aliphatic rings. The van der Waals surface area contributed by atoms with E-state index in [9.17, 15) is 9.59 Å². The van der Waals surface area contributed by atoms with E-state index in [1.807, 2.05) is 6.92 Å². The monoisotopic (exact) mass is 294 g/mol. The Morgan fingerprint density at radius 2 is 2.20 bits per heavy atom. The van der Waals surface area contributed by atoms with E-state index < -0.39 is 18.0 Å². The minimum absolute atomic E-state index is 0.0442. The van der Waals surface area contributed by atoms with Gasteiger partial charge in [0.15, 0.2) is 0 Å². The minimum atomic E-state index is -1.15. The van der Waals surface area contributed by atoms with Crippen molar-refractivity contribution < 1.29 is 14.7 Å². The van der Waals surface area contributed by atoms with E-state index in [1.54, 1.807) is 0 Å². The van der Waals surface area contributed by atoms with Crippen LogP contribution in [0.5, 0.6) is 0 Å². The number of benzene rings is 1. The normalized spacial score (nSPS) is 11.2. The predicted molar refractivity (Wildman–Crippen MR) is 78.1 cm³/mol. The molecule has 0 spiro atoms. The summed E-state index contributed by atoms with van der Waals surface area (Å²) < 4.78 is 0. The lowest BCUT2D eigenvalue weighted by Gasteiger charge is -2.14. The summed E-state index contributed by atoms with van der Waals surface area (Å²) in [6, 6.07) is 3.18. The van der Waals surface area contributed by atoms with Gasteiger partial charge in [0, 0.05) is 5.02 Å². The number of anilines is 1. The molecule has 0 saturated heterocycles. The molecule has 0 bridgehead atoms. The molecule has 2 amide bonds. The molecule has 0 radical (unpaired) electrons. The number of rotatable bonds is 5. The summed E-state index contributed by atoms with van der Waals surface area (Å²) in [4.78, 5) is 22.8. The Labute approximate surface area is 122 Å². The number of amides is 2. The molecule has 5 nitrogen and oxygen atoms in total. The molecule has 0 fully saturated rings. The number of carbonyl (C=O) groups excluding carboxylic acids is 1. The molecular weight excluding hydrogens is 280 g/mol. The lowest BCUT2D eigenvalue weighted by molar-refractivity contribution is 0.0698. The molecule has 0 heterocycles. The Balaban J connectivity index is 2.82. The van der Waals surface area contributed by atoms with Gasteiger partial charge in [-0.3, -0.25) is 0 Å². The summed E-state index contributed by atoms with van der Waals surface area (Å²) in [7, 11) is 0. The standard InChI is InChI=1S/C14H15ClN2O3/c1-3-5-10(4-2)16-14(20)17-12-8-9(15)6-7-11(12)13(18)19/h2,6-8,10H,3,5H2,1H3,(H,18,19)(H2,16,17,20). The van der Waals surface area contributed by atoms with E-state index in [2.05, 4.69) is 16.6 Å². The van der Waals surface area contributed by atoms with Gasteiger partial charge in [-0.25, -0.2) is 9.59 Å². The van der Waals surface area contributed by atoms with Crippen molar-refractivity contribution in [3.63, 3.8) is 0 Å². The Kier molecular flexibility index (Phi) is 5.88. The average molecular weight is 295 g/mol. The first-order valence-electron chi connectivity index (χ1n) is 6.04. The van der Waals surface area contributed by atoms with Gasteiger partial charge < -0.3 is 15.7 Å². The molecule has 106 valence electrons. The van der Waals surface area contributed by atoms with Crippen LogP contribution in [0.2, 0.25) is 5.02 Å². The fourth-order valence-corrected chi connectivity index (χ4v) is 1.78. The number of nitrogens with one attached hydrogen (secondary N) is 2. The third kappa shape index (κ3) is 4.48. The first-order valence-corrected chi connectivity index (χ1v) is 6.42. The summed E-state index contributed by atoms with van der Waals surface area (Å²) in [6.07, 6.45) is 6.77. The van der Waals surface area contributed by atoms with Crippen LogP contribution in [0.1, 0.15) is 30.1 Å². The van der Waals surface area contributed by atoms with Crippen molar-refractivity contribution in [1.82, 2.24) is 5.32 Å². The lowest BCUT2D eigenvalue weighted by atomic mass is 10.1. The molecule has 3 N–H and O–H groups in total. The maximum absolute atomic E-state index is 11.8. The van der Waals surface area contributed by atoms with Crippen molar-refractivity contribution >= 4 is 29.3 Å². The van der Waals surface area contributed by atoms with E-state index in [1.165, 1.54) is 18.2 Å². The van der Waals surface area contributed by atoms with Gasteiger partial charge in [0.2, 0.25) is 0 Å². The van der Waals surface area contributed by atoms with Crippen molar-refractivity contribution in [3.05, 3.63) is 28.8 Å². The predicted octanol–water partition coefficient (Wildman–Crippen LogP) is 2.96. The summed E-state index contributed by atoms with van der Waals surface area (Å²) in [5.41, 5.74) is 0.0760. The number of terminal acetylenes is 1. The topological polar surface area (TPSA) is 78.4 Å². The molecule has 0 aliphatic heterocycles. The molecule has 1 rings (SSSR count). The zero-order valence-electron chi connectivity index (χ0n) is 10.9. The summed E-state index contributed by atoms with van der Waals surface area (Å²) in [5, 5.41) is 14.4. The fourth-order valence-electron chi connectivity index (χ4n) is 1.61. The van der Waals surface area contributed by atoms with Gasteiger partial charge >= 0.3 is 12.0 Å². The molecule has 20 heavy (non-hydrogen) atoms. The van der Waals surface area contributed by atoms with Gasteiger partial charge in [0.05, 0.1) is 17.3 Å². The van der Waals surface area contributed by atoms with Crippen molar-refractivity contribution in [2.45, 2.75) is 25.8 Å². The van der Waals surface area contributed by atoms with Crippen LogP contribution >= 0.6 is 11.6 Å². The van der Waals surface area contributed by atoms with Gasteiger partial charge in [0.1, 0.15) is 0 Å². The zero-order chi connectivity index (χ0) is 15.1. The minimum Gasteiger partial charge on any atom is -0.478 e. The first-order chi connectivity index (χ1) is 9.47. The highest BCUT2D eigenvalue weighted by Crippen LogP contribution is 2.21. The number of halogens is 1. The van der Waals surface area contributed by atoms with Crippen LogP contribution in [0.3, 0.4) is 0 Å². The number of carboxylic acids is 1. The quantitative estimate of drug-likeness (QED) is 0.731. The Hall–Kier alpha value is -2.19. The van der Waals surface area contributed by atoms with Crippen molar-refractivity contribution in [2.75, 3.05) is 5.32 Å². The van der Waals surface area contributed by atoms with Gasteiger partial charge in [-0.1, -0.05) is 30.9 Å². The number of carboxylic acid groups (broad SMARTS) is 1. The molecule has 0 aromatic heterocycles. The van der Waals surface area contributed by atoms with E-state index in [-0.39, 0.29) is 11.3 Å². The average Bonchev–Trinajstić information content (AvgIpc) is 2.37. The van der Waals surface area contributed by atoms with Crippen LogP contribution in [0.15, 0.2) is 18.2 Å². The van der Waals surface area contributed by atoms with E-state index in [0.717, 1.165) is 6.42 Å². The molecule has 6 heteroatoms. The third-order valence-electron chi connectivity index (χ3n) is 2.54. The second-order valence-corrected chi connectivity index (χ2v) is 4.54. The Bertz CT molecular complexity index is 552. The van der Waals surface area contributed by atoms with Crippen molar-refractivity contribution in [3.8, 4) is 12.3 Å². The van der Waals surface area contributed by atoms with Crippen LogP contribution in [0.25, 0.3) is 0 Å². The smallest absolute Gasteiger partial charge is 0.337 e. The SMILES string of the molecule is C#CC(CCC)NC(=O)Nc1cc(Cl)ccc1C(=O)O. The van der Waals surface area contributed by atoms with E-state index >= 15 is 0 Å². The second-order valence-electron chi connectivity index (χ2n) is 4.10. The van der Waals surface area contributed by atoms with Crippen LogP contribution in [0.4, 0.5) is 10.5 Å². The van der Waals surface area contributed by atoms with E-state index in [0.29, 0.717) is 11.4 Å². The largest absolute Gasteiger partial charge is 0.478 e. The molecule has 1 atom stereocenters. The summed E-state index contributed by atoms with van der Waals surface area (Å²) in [5.74, 6) is 1.30. The maximum Gasteiger partial charge on any atom is 0.337 e. The highest BCUT2D eigenvalue weighted by Gasteiger charge is 2.14. The number of aromatic carboxylic acids is 1. The van der Waals surface area contributed by atoms with Gasteiger partial charge in [0.25, 0.3) is 0 Å². The highest BCUT2D eigenvalue weighted by atomic mass is 35.5. The third-order valence-corrected chi connectivity index (χ3v) is 2.78. The van der Waals surface area contributed by atoms with Crippen LogP contribution < -0.4 is 10.6 Å². The number of hydrogen-bond donors (Lipinski definition) is 3. The van der Waals surface area contributed by atoms with E-state index in [4.69, 9.17) is 23.1 Å². The number of carbonyl (C=O) groups is 2. The van der Waals surface area contributed by atoms with Crippen LogP contribution in [-0.4, -0.2) is 23.1 Å². The molecule has 1 aromatic rings. The summed E-state index contributed by atoms with van der Waals surface area (Å²) >= 11 is 5.79. The molecule has 1 aromatic carbocycles. The Morgan fingerprint density at radius 1 is 1.50 bits per heavy atom. The highest BCUT2D eigenvalue weighted by molar-refractivity contribution is 6.31. The van der Waals surface area contributed by atoms with Gasteiger partial charge in [-0.2, -0.15) is 0 Å². The van der Waals surface area contributed by atoms with Crippen molar-refractivity contribution in [2.24, 2.45) is 0 Å². The van der Waals surface area contributed by atoms with Crippen molar-refractivity contribution in [1.29, 1.82) is 0 Å².